The smallest absolute Gasteiger partial charge is 0.260 e. The van der Waals surface area contributed by atoms with Crippen LogP contribution in [0.1, 0.15) is 22.8 Å². The molecule has 2 N–H and O–H groups in total. The maximum absolute atomic E-state index is 13.2. The number of aryl methyl sites for hydroxylation is 1. The van der Waals surface area contributed by atoms with Gasteiger partial charge in [0.05, 0.1) is 22.6 Å². The highest BCUT2D eigenvalue weighted by atomic mass is 32.1. The first-order valence-corrected chi connectivity index (χ1v) is 10.2. The van der Waals surface area contributed by atoms with Crippen molar-refractivity contribution in [1.29, 1.82) is 0 Å². The normalized spacial score (nSPS) is 12.3. The van der Waals surface area contributed by atoms with Gasteiger partial charge in [0, 0.05) is 30.0 Å². The van der Waals surface area contributed by atoms with Crippen LogP contribution in [0.15, 0.2) is 58.2 Å². The van der Waals surface area contributed by atoms with E-state index in [0.29, 0.717) is 17.7 Å². The van der Waals surface area contributed by atoms with Gasteiger partial charge in [-0.2, -0.15) is 0 Å². The fraction of sp³-hybridized carbons (Fsp3) is 0.227. The highest BCUT2D eigenvalue weighted by molar-refractivity contribution is 7.22. The molecule has 1 atom stereocenters. The van der Waals surface area contributed by atoms with Gasteiger partial charge in [-0.1, -0.05) is 30.3 Å². The van der Waals surface area contributed by atoms with Crippen LogP contribution in [-0.2, 0) is 22.5 Å². The second-order valence-corrected chi connectivity index (χ2v) is 8.02. The van der Waals surface area contributed by atoms with E-state index in [1.165, 1.54) is 22.2 Å². The van der Waals surface area contributed by atoms with Crippen molar-refractivity contribution in [3.05, 3.63) is 76.0 Å². The molecule has 0 saturated carbocycles. The lowest BCUT2D eigenvalue weighted by molar-refractivity contribution is -0.118. The lowest BCUT2D eigenvalue weighted by atomic mass is 10.0. The van der Waals surface area contributed by atoms with Crippen LogP contribution in [0.4, 0.5) is 0 Å². The maximum Gasteiger partial charge on any atom is 0.260 e. The highest BCUT2D eigenvalue weighted by Crippen LogP contribution is 2.40. The van der Waals surface area contributed by atoms with E-state index in [1.54, 1.807) is 19.5 Å². The van der Waals surface area contributed by atoms with Crippen LogP contribution in [0.25, 0.3) is 20.9 Å². The Balaban J connectivity index is 1.94. The van der Waals surface area contributed by atoms with Crippen molar-refractivity contribution in [1.82, 2.24) is 9.55 Å². The molecular formula is C22H21N3O4S. The number of rotatable bonds is 7. The average molecular weight is 423 g/mol. The van der Waals surface area contributed by atoms with Crippen LogP contribution in [0.5, 0.6) is 0 Å². The predicted molar refractivity (Wildman–Crippen MR) is 115 cm³/mol. The average Bonchev–Trinajstić information content (AvgIpc) is 3.37. The zero-order valence-electron chi connectivity index (χ0n) is 16.6. The highest BCUT2D eigenvalue weighted by Gasteiger charge is 2.24. The largest absolute Gasteiger partial charge is 0.444 e. The molecule has 0 saturated heterocycles. The summed E-state index contributed by atoms with van der Waals surface area (Å²) in [6, 6.07) is 9.96. The molecule has 8 heteroatoms. The number of nitrogens with two attached hydrogens (primary N) is 1. The van der Waals surface area contributed by atoms with Gasteiger partial charge in [-0.15, -0.1) is 11.3 Å². The van der Waals surface area contributed by atoms with Gasteiger partial charge >= 0.3 is 0 Å². The third-order valence-corrected chi connectivity index (χ3v) is 6.36. The minimum atomic E-state index is -0.583. The van der Waals surface area contributed by atoms with Gasteiger partial charge in [-0.3, -0.25) is 9.59 Å². The SMILES string of the molecule is COC(Cc1ccccc1)c1cn(CC(N)=O)c(=O)c2c(C)c(-c3ncco3)sc12. The monoisotopic (exact) mass is 423 g/mol. The molecule has 1 amide bonds. The summed E-state index contributed by atoms with van der Waals surface area (Å²) in [5.41, 5.74) is 7.80. The first-order chi connectivity index (χ1) is 14.5. The number of carbonyl (C=O) groups excluding carboxylic acids is 1. The quantitative estimate of drug-likeness (QED) is 0.491. The Morgan fingerprint density at radius 2 is 2.10 bits per heavy atom. The maximum atomic E-state index is 13.2. The van der Waals surface area contributed by atoms with E-state index < -0.39 is 5.91 Å². The molecule has 7 nitrogen and oxygen atoms in total. The fourth-order valence-electron chi connectivity index (χ4n) is 3.61. The Labute approximate surface area is 176 Å². The zero-order valence-corrected chi connectivity index (χ0v) is 17.4. The Kier molecular flexibility index (Phi) is 5.52. The molecule has 30 heavy (non-hydrogen) atoms. The number of oxazole rings is 1. The number of nitrogens with zero attached hydrogens (tertiary/aromatic N) is 2. The summed E-state index contributed by atoms with van der Waals surface area (Å²) in [7, 11) is 1.64. The number of hydrogen-bond donors (Lipinski definition) is 1. The van der Waals surface area contributed by atoms with Gasteiger partial charge < -0.3 is 19.5 Å². The number of fused-ring (bicyclic) bond motifs is 1. The van der Waals surface area contributed by atoms with Gasteiger partial charge in [-0.05, 0) is 18.1 Å². The lowest BCUT2D eigenvalue weighted by Crippen LogP contribution is -2.28. The summed E-state index contributed by atoms with van der Waals surface area (Å²) in [4.78, 5) is 29.8. The second kappa shape index (κ2) is 8.25. The molecule has 0 aliphatic heterocycles. The number of benzene rings is 1. The number of ether oxygens (including phenoxy) is 1. The molecular weight excluding hydrogens is 402 g/mol. The van der Waals surface area contributed by atoms with E-state index in [0.717, 1.165) is 26.3 Å². The molecule has 3 aromatic heterocycles. The number of amides is 1. The zero-order chi connectivity index (χ0) is 21.3. The topological polar surface area (TPSA) is 100 Å². The summed E-state index contributed by atoms with van der Waals surface area (Å²) in [6.45, 7) is 1.66. The lowest BCUT2D eigenvalue weighted by Gasteiger charge is -2.18. The Morgan fingerprint density at radius 1 is 1.33 bits per heavy atom. The number of carbonyl (C=O) groups is 1. The van der Waals surface area contributed by atoms with Crippen LogP contribution < -0.4 is 11.3 Å². The summed E-state index contributed by atoms with van der Waals surface area (Å²) >= 11 is 1.44. The third kappa shape index (κ3) is 3.67. The molecule has 0 bridgehead atoms. The summed E-state index contributed by atoms with van der Waals surface area (Å²) in [5.74, 6) is -0.127. The Hall–Kier alpha value is -3.23. The van der Waals surface area contributed by atoms with Crippen molar-refractivity contribution >= 4 is 27.3 Å². The van der Waals surface area contributed by atoms with Crippen LogP contribution in [-0.4, -0.2) is 22.6 Å². The van der Waals surface area contributed by atoms with Gasteiger partial charge in [0.1, 0.15) is 12.8 Å². The number of thiophene rings is 1. The van der Waals surface area contributed by atoms with E-state index in [9.17, 15) is 9.59 Å². The summed E-state index contributed by atoms with van der Waals surface area (Å²) < 4.78 is 13.5. The first kappa shape index (κ1) is 20.1. The number of methoxy groups -OCH3 is 1. The van der Waals surface area contributed by atoms with Gasteiger partial charge in [-0.25, -0.2) is 4.98 Å². The number of aromatic nitrogens is 2. The minimum Gasteiger partial charge on any atom is -0.444 e. The van der Waals surface area contributed by atoms with Gasteiger partial charge in [0.2, 0.25) is 11.8 Å². The molecule has 4 rings (SSSR count). The van der Waals surface area contributed by atoms with Crippen molar-refractivity contribution in [2.24, 2.45) is 5.73 Å². The van der Waals surface area contributed by atoms with Crippen LogP contribution in [0.2, 0.25) is 0 Å². The molecule has 0 radical (unpaired) electrons. The van der Waals surface area contributed by atoms with E-state index in [2.05, 4.69) is 4.98 Å². The van der Waals surface area contributed by atoms with E-state index in [-0.39, 0.29) is 18.2 Å². The molecule has 1 unspecified atom stereocenters. The molecule has 0 spiro atoms. The molecule has 0 aliphatic rings. The molecule has 1 aromatic carbocycles. The van der Waals surface area contributed by atoms with Gasteiger partial charge in [0.15, 0.2) is 0 Å². The summed E-state index contributed by atoms with van der Waals surface area (Å²) in [6.07, 6.45) is 5.05. The molecule has 3 heterocycles. The first-order valence-electron chi connectivity index (χ1n) is 9.41. The molecule has 0 fully saturated rings. The van der Waals surface area contributed by atoms with Crippen molar-refractivity contribution in [3.63, 3.8) is 0 Å². The third-order valence-electron chi connectivity index (χ3n) is 5.03. The van der Waals surface area contributed by atoms with E-state index >= 15 is 0 Å². The minimum absolute atomic E-state index is 0.201. The Bertz CT molecular complexity index is 1240. The Morgan fingerprint density at radius 3 is 2.73 bits per heavy atom. The van der Waals surface area contributed by atoms with E-state index in [4.69, 9.17) is 14.9 Å². The molecule has 0 aliphatic carbocycles. The van der Waals surface area contributed by atoms with Crippen molar-refractivity contribution in [3.8, 4) is 10.8 Å². The summed E-state index contributed by atoms with van der Waals surface area (Å²) in [5, 5.41) is 0.530. The fourth-order valence-corrected chi connectivity index (χ4v) is 4.90. The van der Waals surface area contributed by atoms with Crippen molar-refractivity contribution < 1.29 is 13.9 Å². The van der Waals surface area contributed by atoms with Crippen LogP contribution >= 0.6 is 11.3 Å². The van der Waals surface area contributed by atoms with Crippen molar-refractivity contribution in [2.45, 2.75) is 26.0 Å². The number of pyridine rings is 1. The van der Waals surface area contributed by atoms with Gasteiger partial charge in [0.25, 0.3) is 5.56 Å². The number of primary amides is 1. The second-order valence-electron chi connectivity index (χ2n) is 7.00. The van der Waals surface area contributed by atoms with E-state index in [1.807, 2.05) is 37.3 Å². The molecule has 4 aromatic rings. The predicted octanol–water partition coefficient (Wildman–Crippen LogP) is 3.44. The van der Waals surface area contributed by atoms with Crippen LogP contribution in [0, 0.1) is 6.92 Å². The molecule has 154 valence electrons. The van der Waals surface area contributed by atoms with Crippen LogP contribution in [0.3, 0.4) is 0 Å². The van der Waals surface area contributed by atoms with Crippen molar-refractivity contribution in [2.75, 3.05) is 7.11 Å². The standard InChI is InChI=1S/C22H21N3O4S/c1-13-18-20(30-19(13)21-24-8-9-29-21)15(11-25(22(18)27)12-17(23)26)16(28-2)10-14-6-4-3-5-7-14/h3-9,11,16H,10,12H2,1-2H3,(H2,23,26). The number of hydrogen-bond acceptors (Lipinski definition) is 6.